The van der Waals surface area contributed by atoms with Gasteiger partial charge in [0.1, 0.15) is 5.75 Å². The second kappa shape index (κ2) is 4.17. The zero-order valence-electron chi connectivity index (χ0n) is 10.5. The molecule has 3 aromatic rings. The number of benzene rings is 1. The summed E-state index contributed by atoms with van der Waals surface area (Å²) in [6, 6.07) is 8.18. The van der Waals surface area contributed by atoms with Crippen LogP contribution in [0.1, 0.15) is 5.56 Å². The lowest BCUT2D eigenvalue weighted by Crippen LogP contribution is -1.94. The summed E-state index contributed by atoms with van der Waals surface area (Å²) in [7, 11) is 1.67. The van der Waals surface area contributed by atoms with Gasteiger partial charge in [0.2, 0.25) is 0 Å². The van der Waals surface area contributed by atoms with Crippen LogP contribution < -0.4 is 4.74 Å². The highest BCUT2D eigenvalue weighted by Crippen LogP contribution is 2.27. The first-order valence-corrected chi connectivity index (χ1v) is 6.83. The standard InChI is InChI=1S/C13H13N3OS/c1-8-6-9-4-5-10(17-2)7-11(9)16-12(8)14-15-13(16)18-3/h4-7H,1-3H3. The SMILES string of the molecule is COc1ccc2cc(C)c3nnc(SC)n3c2c1. The van der Waals surface area contributed by atoms with Crippen LogP contribution in [0.4, 0.5) is 0 Å². The van der Waals surface area contributed by atoms with E-state index in [0.29, 0.717) is 0 Å². The summed E-state index contributed by atoms with van der Waals surface area (Å²) in [4.78, 5) is 0. The number of fused-ring (bicyclic) bond motifs is 3. The molecule has 2 heterocycles. The molecule has 0 amide bonds. The number of hydrogen-bond donors (Lipinski definition) is 0. The van der Waals surface area contributed by atoms with Crippen molar-refractivity contribution in [3.63, 3.8) is 0 Å². The molecule has 0 saturated carbocycles. The van der Waals surface area contributed by atoms with Gasteiger partial charge in [-0.25, -0.2) is 0 Å². The van der Waals surface area contributed by atoms with Gasteiger partial charge in [-0.3, -0.25) is 4.40 Å². The number of methoxy groups -OCH3 is 1. The summed E-state index contributed by atoms with van der Waals surface area (Å²) in [5.74, 6) is 0.841. The van der Waals surface area contributed by atoms with Gasteiger partial charge in [0.15, 0.2) is 10.8 Å². The van der Waals surface area contributed by atoms with Gasteiger partial charge in [-0.2, -0.15) is 0 Å². The maximum atomic E-state index is 5.29. The minimum Gasteiger partial charge on any atom is -0.497 e. The third kappa shape index (κ3) is 1.54. The van der Waals surface area contributed by atoms with Crippen molar-refractivity contribution < 1.29 is 4.74 Å². The van der Waals surface area contributed by atoms with Crippen LogP contribution in [0.5, 0.6) is 5.75 Å². The van der Waals surface area contributed by atoms with Crippen LogP contribution in [0.25, 0.3) is 16.6 Å². The second-order valence-electron chi connectivity index (χ2n) is 4.10. The molecule has 0 radical (unpaired) electrons. The van der Waals surface area contributed by atoms with Crippen LogP contribution in [0.3, 0.4) is 0 Å². The predicted octanol–water partition coefficient (Wildman–Crippen LogP) is 2.92. The molecule has 0 unspecified atom stereocenters. The van der Waals surface area contributed by atoms with E-state index >= 15 is 0 Å². The van der Waals surface area contributed by atoms with Gasteiger partial charge in [0, 0.05) is 6.07 Å². The van der Waals surface area contributed by atoms with Crippen molar-refractivity contribution in [1.82, 2.24) is 14.6 Å². The van der Waals surface area contributed by atoms with Crippen molar-refractivity contribution in [1.29, 1.82) is 0 Å². The largest absolute Gasteiger partial charge is 0.497 e. The van der Waals surface area contributed by atoms with Gasteiger partial charge in [0.05, 0.1) is 12.6 Å². The molecule has 0 N–H and O–H groups in total. The van der Waals surface area contributed by atoms with Crippen LogP contribution in [-0.2, 0) is 0 Å². The summed E-state index contributed by atoms with van der Waals surface area (Å²) in [6.45, 7) is 2.05. The smallest absolute Gasteiger partial charge is 0.195 e. The fourth-order valence-corrected chi connectivity index (χ4v) is 2.63. The number of rotatable bonds is 2. The summed E-state index contributed by atoms with van der Waals surface area (Å²) < 4.78 is 7.37. The van der Waals surface area contributed by atoms with Gasteiger partial charge in [-0.1, -0.05) is 11.8 Å². The van der Waals surface area contributed by atoms with E-state index in [1.807, 2.05) is 18.4 Å². The van der Waals surface area contributed by atoms with Crippen molar-refractivity contribution in [2.75, 3.05) is 13.4 Å². The fraction of sp³-hybridized carbons (Fsp3) is 0.231. The normalized spacial score (nSPS) is 11.3. The highest BCUT2D eigenvalue weighted by atomic mass is 32.2. The average Bonchev–Trinajstić information content (AvgIpc) is 2.83. The molecule has 0 saturated heterocycles. The quantitative estimate of drug-likeness (QED) is 0.663. The first kappa shape index (κ1) is 11.3. The van der Waals surface area contributed by atoms with Gasteiger partial charge in [-0.15, -0.1) is 10.2 Å². The molecule has 0 atom stereocenters. The Labute approximate surface area is 109 Å². The highest BCUT2D eigenvalue weighted by molar-refractivity contribution is 7.98. The van der Waals surface area contributed by atoms with Crippen molar-refractivity contribution in [3.8, 4) is 5.75 Å². The summed E-state index contributed by atoms with van der Waals surface area (Å²) >= 11 is 1.59. The van der Waals surface area contributed by atoms with Crippen LogP contribution >= 0.6 is 11.8 Å². The Hall–Kier alpha value is -1.75. The monoisotopic (exact) mass is 259 g/mol. The molecule has 18 heavy (non-hydrogen) atoms. The highest BCUT2D eigenvalue weighted by Gasteiger charge is 2.11. The Morgan fingerprint density at radius 1 is 1.22 bits per heavy atom. The Kier molecular flexibility index (Phi) is 2.63. The molecular formula is C13H13N3OS. The van der Waals surface area contributed by atoms with E-state index in [1.54, 1.807) is 18.9 Å². The lowest BCUT2D eigenvalue weighted by Gasteiger charge is -2.07. The van der Waals surface area contributed by atoms with Crippen molar-refractivity contribution in [3.05, 3.63) is 29.8 Å². The van der Waals surface area contributed by atoms with E-state index in [-0.39, 0.29) is 0 Å². The molecule has 0 aliphatic rings. The number of pyridine rings is 1. The lowest BCUT2D eigenvalue weighted by atomic mass is 10.1. The van der Waals surface area contributed by atoms with Crippen LogP contribution in [0.15, 0.2) is 29.4 Å². The van der Waals surface area contributed by atoms with Crippen LogP contribution in [0, 0.1) is 6.92 Å². The van der Waals surface area contributed by atoms with E-state index in [1.165, 1.54) is 0 Å². The Bertz CT molecular complexity index is 736. The van der Waals surface area contributed by atoms with E-state index in [2.05, 4.69) is 33.7 Å². The third-order valence-corrected chi connectivity index (χ3v) is 3.65. The maximum absolute atomic E-state index is 5.29. The van der Waals surface area contributed by atoms with Crippen LogP contribution in [0.2, 0.25) is 0 Å². The molecule has 3 rings (SSSR count). The first-order valence-electron chi connectivity index (χ1n) is 5.61. The first-order chi connectivity index (χ1) is 8.74. The minimum absolute atomic E-state index is 0.841. The number of hydrogen-bond acceptors (Lipinski definition) is 4. The molecule has 2 aromatic heterocycles. The molecule has 0 spiro atoms. The maximum Gasteiger partial charge on any atom is 0.195 e. The Morgan fingerprint density at radius 2 is 2.06 bits per heavy atom. The van der Waals surface area contributed by atoms with Crippen molar-refractivity contribution in [2.45, 2.75) is 12.1 Å². The number of nitrogens with zero attached hydrogens (tertiary/aromatic N) is 3. The number of aromatic nitrogens is 3. The van der Waals surface area contributed by atoms with Gasteiger partial charge < -0.3 is 4.74 Å². The Morgan fingerprint density at radius 3 is 2.78 bits per heavy atom. The number of thioether (sulfide) groups is 1. The van der Waals surface area contributed by atoms with Gasteiger partial charge >= 0.3 is 0 Å². The van der Waals surface area contributed by atoms with E-state index in [0.717, 1.165) is 33.0 Å². The predicted molar refractivity (Wildman–Crippen MR) is 73.6 cm³/mol. The zero-order chi connectivity index (χ0) is 12.7. The molecular weight excluding hydrogens is 246 g/mol. The minimum atomic E-state index is 0.841. The fourth-order valence-electron chi connectivity index (χ4n) is 2.14. The molecule has 5 heteroatoms. The summed E-state index contributed by atoms with van der Waals surface area (Å²) in [5, 5.41) is 10.5. The van der Waals surface area contributed by atoms with Gasteiger partial charge in [0.25, 0.3) is 0 Å². The Balaban J connectivity index is 2.50. The average molecular weight is 259 g/mol. The molecule has 4 nitrogen and oxygen atoms in total. The van der Waals surface area contributed by atoms with Gasteiger partial charge in [-0.05, 0) is 42.3 Å². The lowest BCUT2D eigenvalue weighted by molar-refractivity contribution is 0.415. The van der Waals surface area contributed by atoms with Crippen LogP contribution in [-0.4, -0.2) is 28.0 Å². The molecule has 0 bridgehead atoms. The molecule has 0 aliphatic heterocycles. The number of ether oxygens (including phenoxy) is 1. The molecule has 0 aliphatic carbocycles. The number of aryl methyl sites for hydroxylation is 1. The van der Waals surface area contributed by atoms with Crippen molar-refractivity contribution in [2.24, 2.45) is 0 Å². The van der Waals surface area contributed by atoms with E-state index < -0.39 is 0 Å². The van der Waals surface area contributed by atoms with Crippen molar-refractivity contribution >= 4 is 28.3 Å². The molecule has 1 aromatic carbocycles. The zero-order valence-corrected chi connectivity index (χ0v) is 11.3. The summed E-state index contributed by atoms with van der Waals surface area (Å²) in [5.41, 5.74) is 3.10. The molecule has 0 fully saturated rings. The van der Waals surface area contributed by atoms with E-state index in [4.69, 9.17) is 4.74 Å². The third-order valence-electron chi connectivity index (χ3n) is 3.02. The topological polar surface area (TPSA) is 39.4 Å². The second-order valence-corrected chi connectivity index (χ2v) is 4.87. The summed E-state index contributed by atoms with van der Waals surface area (Å²) in [6.07, 6.45) is 2.00. The van der Waals surface area contributed by atoms with E-state index in [9.17, 15) is 0 Å². The molecule has 92 valence electrons.